The summed E-state index contributed by atoms with van der Waals surface area (Å²) in [6, 6.07) is 7.50. The molecular formula is C19H26N2O5S. The van der Waals surface area contributed by atoms with Crippen LogP contribution in [-0.4, -0.2) is 58.1 Å². The maximum Gasteiger partial charge on any atom is 0.408 e. The first-order valence-corrected chi connectivity index (χ1v) is 10.2. The van der Waals surface area contributed by atoms with Crippen LogP contribution in [0.4, 0.5) is 4.79 Å². The molecule has 1 aromatic rings. The van der Waals surface area contributed by atoms with Gasteiger partial charge in [-0.3, -0.25) is 4.79 Å². The molecule has 2 atom stereocenters. The Labute approximate surface area is 163 Å². The molecule has 0 bridgehead atoms. The molecule has 1 fully saturated rings. The van der Waals surface area contributed by atoms with Crippen LogP contribution < -0.4 is 5.32 Å². The van der Waals surface area contributed by atoms with Crippen LogP contribution in [0.15, 0.2) is 30.3 Å². The number of nitrogens with zero attached hydrogens (tertiary/aromatic N) is 1. The Bertz CT molecular complexity index is 640. The number of benzene rings is 1. The lowest BCUT2D eigenvalue weighted by Crippen LogP contribution is -2.53. The summed E-state index contributed by atoms with van der Waals surface area (Å²) in [6.45, 7) is 2.00. The highest BCUT2D eigenvalue weighted by Gasteiger charge is 2.32. The Balaban J connectivity index is 1.93. The van der Waals surface area contributed by atoms with Gasteiger partial charge in [0.25, 0.3) is 0 Å². The van der Waals surface area contributed by atoms with E-state index < -0.39 is 30.1 Å². The van der Waals surface area contributed by atoms with Crippen molar-refractivity contribution < 1.29 is 24.2 Å². The van der Waals surface area contributed by atoms with Crippen LogP contribution >= 0.6 is 11.8 Å². The Morgan fingerprint density at radius 1 is 1.26 bits per heavy atom. The number of carboxylic acid groups (broad SMARTS) is 1. The van der Waals surface area contributed by atoms with Crippen LogP contribution in [0.2, 0.25) is 0 Å². The minimum atomic E-state index is -1.01. The van der Waals surface area contributed by atoms with Gasteiger partial charge in [-0.2, -0.15) is 11.8 Å². The standard InChI is InChI=1S/C19H26N2O5S/c1-14(20-19(25)26-13-15-7-3-2-4-8-15)17(22)21-10-12-27-11-6-5-9-16(21)18(23)24/h2-4,7-8,14,16H,5-6,9-13H2,1H3,(H,20,25)(H,23,24)/t14-,16?/m0/s1. The molecule has 27 heavy (non-hydrogen) atoms. The van der Waals surface area contributed by atoms with E-state index in [1.807, 2.05) is 30.3 Å². The second kappa shape index (κ2) is 10.8. The van der Waals surface area contributed by atoms with Gasteiger partial charge < -0.3 is 20.1 Å². The van der Waals surface area contributed by atoms with Crippen LogP contribution in [0.5, 0.6) is 0 Å². The van der Waals surface area contributed by atoms with Crippen molar-refractivity contribution >= 4 is 29.7 Å². The van der Waals surface area contributed by atoms with E-state index in [0.29, 0.717) is 18.7 Å². The molecule has 0 saturated carbocycles. The highest BCUT2D eigenvalue weighted by molar-refractivity contribution is 7.99. The van der Waals surface area contributed by atoms with Gasteiger partial charge in [0.1, 0.15) is 18.7 Å². The molecule has 2 amide bonds. The van der Waals surface area contributed by atoms with Gasteiger partial charge in [-0.25, -0.2) is 9.59 Å². The van der Waals surface area contributed by atoms with Gasteiger partial charge in [-0.15, -0.1) is 0 Å². The first kappa shape index (κ1) is 21.1. The minimum Gasteiger partial charge on any atom is -0.480 e. The largest absolute Gasteiger partial charge is 0.480 e. The summed E-state index contributed by atoms with van der Waals surface area (Å²) in [5, 5.41) is 12.0. The first-order chi connectivity index (χ1) is 13.0. The summed E-state index contributed by atoms with van der Waals surface area (Å²) in [5.74, 6) is 0.241. The van der Waals surface area contributed by atoms with Crippen molar-refractivity contribution in [1.29, 1.82) is 0 Å². The number of nitrogens with one attached hydrogen (secondary N) is 1. The highest BCUT2D eigenvalue weighted by Crippen LogP contribution is 2.17. The Morgan fingerprint density at radius 2 is 2.00 bits per heavy atom. The quantitative estimate of drug-likeness (QED) is 0.797. The summed E-state index contributed by atoms with van der Waals surface area (Å²) in [4.78, 5) is 37.8. The smallest absolute Gasteiger partial charge is 0.408 e. The highest BCUT2D eigenvalue weighted by atomic mass is 32.2. The third-order valence-corrected chi connectivity index (χ3v) is 5.40. The number of carboxylic acids is 1. The van der Waals surface area contributed by atoms with E-state index in [0.717, 1.165) is 24.2 Å². The van der Waals surface area contributed by atoms with Crippen molar-refractivity contribution in [2.75, 3.05) is 18.1 Å². The predicted octanol–water partition coefficient (Wildman–Crippen LogP) is 2.50. The average molecular weight is 394 g/mol. The predicted molar refractivity (Wildman–Crippen MR) is 104 cm³/mol. The lowest BCUT2D eigenvalue weighted by molar-refractivity contribution is -0.151. The molecule has 1 unspecified atom stereocenters. The van der Waals surface area contributed by atoms with E-state index in [9.17, 15) is 19.5 Å². The molecule has 0 aromatic heterocycles. The third-order valence-electron chi connectivity index (χ3n) is 4.35. The number of aliphatic carboxylic acids is 1. The number of rotatable bonds is 5. The van der Waals surface area contributed by atoms with E-state index in [4.69, 9.17) is 4.74 Å². The number of ether oxygens (including phenoxy) is 1. The fraction of sp³-hybridized carbons (Fsp3) is 0.526. The lowest BCUT2D eigenvalue weighted by Gasteiger charge is -2.30. The normalized spacial score (nSPS) is 19.1. The van der Waals surface area contributed by atoms with Crippen LogP contribution in [0.25, 0.3) is 0 Å². The second-order valence-electron chi connectivity index (χ2n) is 6.42. The first-order valence-electron chi connectivity index (χ1n) is 9.07. The zero-order valence-electron chi connectivity index (χ0n) is 15.4. The molecule has 0 spiro atoms. The lowest BCUT2D eigenvalue weighted by atomic mass is 10.1. The third kappa shape index (κ3) is 6.78. The monoisotopic (exact) mass is 394 g/mol. The number of hydrogen-bond donors (Lipinski definition) is 2. The topological polar surface area (TPSA) is 95.9 Å². The maximum absolute atomic E-state index is 12.8. The molecule has 148 valence electrons. The fourth-order valence-corrected chi connectivity index (χ4v) is 3.83. The molecule has 8 heteroatoms. The van der Waals surface area contributed by atoms with Crippen molar-refractivity contribution in [2.24, 2.45) is 0 Å². The molecule has 7 nitrogen and oxygen atoms in total. The fourth-order valence-electron chi connectivity index (χ4n) is 2.89. The van der Waals surface area contributed by atoms with Crippen LogP contribution in [0.1, 0.15) is 31.7 Å². The van der Waals surface area contributed by atoms with Gasteiger partial charge in [0.05, 0.1) is 0 Å². The Morgan fingerprint density at radius 3 is 2.70 bits per heavy atom. The Kier molecular flexibility index (Phi) is 8.44. The number of hydrogen-bond acceptors (Lipinski definition) is 5. The zero-order chi connectivity index (χ0) is 19.6. The molecule has 1 aliphatic rings. The zero-order valence-corrected chi connectivity index (χ0v) is 16.2. The number of carbonyl (C=O) groups is 3. The summed E-state index contributed by atoms with van der Waals surface area (Å²) >= 11 is 1.71. The molecule has 1 aliphatic heterocycles. The number of amides is 2. The summed E-state index contributed by atoms with van der Waals surface area (Å²) < 4.78 is 5.13. The van der Waals surface area contributed by atoms with Crippen LogP contribution in [0.3, 0.4) is 0 Å². The summed E-state index contributed by atoms with van der Waals surface area (Å²) in [5.41, 5.74) is 0.842. The average Bonchev–Trinajstić information content (AvgIpc) is 2.78. The van der Waals surface area contributed by atoms with E-state index >= 15 is 0 Å². The molecule has 2 rings (SSSR count). The number of alkyl carbamates (subject to hydrolysis) is 1. The molecule has 2 N–H and O–H groups in total. The van der Waals surface area contributed by atoms with Crippen molar-refractivity contribution in [3.63, 3.8) is 0 Å². The van der Waals surface area contributed by atoms with Crippen molar-refractivity contribution in [2.45, 2.75) is 44.9 Å². The van der Waals surface area contributed by atoms with Gasteiger partial charge in [0.2, 0.25) is 5.91 Å². The van der Waals surface area contributed by atoms with E-state index in [1.54, 1.807) is 18.7 Å². The minimum absolute atomic E-state index is 0.103. The molecule has 0 radical (unpaired) electrons. The van der Waals surface area contributed by atoms with Gasteiger partial charge in [0, 0.05) is 12.3 Å². The van der Waals surface area contributed by atoms with E-state index in [2.05, 4.69) is 5.32 Å². The molecule has 0 aliphatic carbocycles. The molecule has 1 saturated heterocycles. The number of thioether (sulfide) groups is 1. The van der Waals surface area contributed by atoms with E-state index in [1.165, 1.54) is 4.90 Å². The Hall–Kier alpha value is -2.22. The summed E-state index contributed by atoms with van der Waals surface area (Å²) in [6.07, 6.45) is 1.42. The van der Waals surface area contributed by atoms with Crippen LogP contribution in [0, 0.1) is 0 Å². The van der Waals surface area contributed by atoms with Gasteiger partial charge >= 0.3 is 12.1 Å². The van der Waals surface area contributed by atoms with Crippen LogP contribution in [-0.2, 0) is 20.9 Å². The van der Waals surface area contributed by atoms with Gasteiger partial charge in [-0.05, 0) is 37.5 Å². The van der Waals surface area contributed by atoms with Crippen molar-refractivity contribution in [3.8, 4) is 0 Å². The molecular weight excluding hydrogens is 368 g/mol. The van der Waals surface area contributed by atoms with Gasteiger partial charge in [0.15, 0.2) is 0 Å². The van der Waals surface area contributed by atoms with Crippen molar-refractivity contribution in [1.82, 2.24) is 10.2 Å². The van der Waals surface area contributed by atoms with Crippen molar-refractivity contribution in [3.05, 3.63) is 35.9 Å². The summed E-state index contributed by atoms with van der Waals surface area (Å²) in [7, 11) is 0. The SMILES string of the molecule is C[C@H](NC(=O)OCc1ccccc1)C(=O)N1CCSCCCCC1C(=O)O. The maximum atomic E-state index is 12.8. The van der Waals surface area contributed by atoms with Gasteiger partial charge in [-0.1, -0.05) is 30.3 Å². The molecule has 1 heterocycles. The second-order valence-corrected chi connectivity index (χ2v) is 7.65. The van der Waals surface area contributed by atoms with E-state index in [-0.39, 0.29) is 6.61 Å². The number of carbonyl (C=O) groups excluding carboxylic acids is 2. The molecule has 1 aromatic carbocycles.